The van der Waals surface area contributed by atoms with Gasteiger partial charge in [-0.05, 0) is 31.2 Å². The summed E-state index contributed by atoms with van der Waals surface area (Å²) in [5.74, 6) is 0.918. The average molecular weight is 206 g/mol. The molecule has 15 heavy (non-hydrogen) atoms. The van der Waals surface area contributed by atoms with Gasteiger partial charge in [0.1, 0.15) is 5.75 Å². The lowest BCUT2D eigenvalue weighted by Crippen LogP contribution is -2.49. The highest BCUT2D eigenvalue weighted by molar-refractivity contribution is 5.50. The average Bonchev–Trinajstić information content (AvgIpc) is 2.30. The maximum Gasteiger partial charge on any atom is 0.119 e. The summed E-state index contributed by atoms with van der Waals surface area (Å²) in [6.07, 6.45) is 0. The van der Waals surface area contributed by atoms with Crippen molar-refractivity contribution in [2.45, 2.75) is 13.0 Å². The van der Waals surface area contributed by atoms with Crippen molar-refractivity contribution in [2.75, 3.05) is 31.6 Å². The molecule has 0 aliphatic carbocycles. The first-order chi connectivity index (χ1) is 7.31. The number of nitrogens with one attached hydrogen (secondary N) is 1. The van der Waals surface area contributed by atoms with Gasteiger partial charge in [0.15, 0.2) is 0 Å². The number of rotatable bonds is 2. The number of hydrogen-bond acceptors (Lipinski definition) is 3. The molecule has 1 aromatic rings. The molecule has 0 amide bonds. The van der Waals surface area contributed by atoms with Crippen LogP contribution in [0.4, 0.5) is 5.69 Å². The smallest absolute Gasteiger partial charge is 0.119 e. The third kappa shape index (κ3) is 2.23. The molecule has 2 rings (SSSR count). The predicted octanol–water partition coefficient (Wildman–Crippen LogP) is 1.49. The van der Waals surface area contributed by atoms with E-state index in [1.165, 1.54) is 5.69 Å². The second-order valence-corrected chi connectivity index (χ2v) is 3.94. The molecule has 1 heterocycles. The Bertz CT molecular complexity index is 310. The molecule has 0 unspecified atom stereocenters. The van der Waals surface area contributed by atoms with Crippen LogP contribution in [-0.2, 0) is 0 Å². The Balaban J connectivity index is 2.13. The molecule has 1 saturated heterocycles. The molecule has 82 valence electrons. The first-order valence-electron chi connectivity index (χ1n) is 5.42. The van der Waals surface area contributed by atoms with E-state index in [1.54, 1.807) is 7.11 Å². The predicted molar refractivity (Wildman–Crippen MR) is 62.7 cm³/mol. The normalized spacial score (nSPS) is 21.5. The molecule has 3 heteroatoms. The van der Waals surface area contributed by atoms with Gasteiger partial charge in [0.2, 0.25) is 0 Å². The van der Waals surface area contributed by atoms with Crippen LogP contribution in [0.1, 0.15) is 6.92 Å². The molecule has 0 radical (unpaired) electrons. The van der Waals surface area contributed by atoms with Crippen LogP contribution < -0.4 is 15.0 Å². The Morgan fingerprint density at radius 3 is 2.67 bits per heavy atom. The number of ether oxygens (including phenoxy) is 1. The van der Waals surface area contributed by atoms with Crippen molar-refractivity contribution >= 4 is 5.69 Å². The Hall–Kier alpha value is -1.22. The highest BCUT2D eigenvalue weighted by Gasteiger charge is 2.17. The second-order valence-electron chi connectivity index (χ2n) is 3.94. The minimum absolute atomic E-state index is 0.562. The number of hydrogen-bond donors (Lipinski definition) is 1. The summed E-state index contributed by atoms with van der Waals surface area (Å²) < 4.78 is 5.15. The van der Waals surface area contributed by atoms with Crippen molar-refractivity contribution < 1.29 is 4.74 Å². The topological polar surface area (TPSA) is 24.5 Å². The monoisotopic (exact) mass is 206 g/mol. The van der Waals surface area contributed by atoms with Crippen LogP contribution in [-0.4, -0.2) is 32.8 Å². The second kappa shape index (κ2) is 4.53. The lowest BCUT2D eigenvalue weighted by Gasteiger charge is -2.35. The largest absolute Gasteiger partial charge is 0.497 e. The van der Waals surface area contributed by atoms with Gasteiger partial charge in [-0.15, -0.1) is 0 Å². The van der Waals surface area contributed by atoms with Crippen LogP contribution in [0.3, 0.4) is 0 Å². The molecule has 1 atom stereocenters. The van der Waals surface area contributed by atoms with Gasteiger partial charge in [0, 0.05) is 31.4 Å². The fourth-order valence-electron chi connectivity index (χ4n) is 2.00. The molecule has 1 aliphatic heterocycles. The zero-order valence-corrected chi connectivity index (χ0v) is 9.36. The number of methoxy groups -OCH3 is 1. The van der Waals surface area contributed by atoms with Gasteiger partial charge in [-0.1, -0.05) is 0 Å². The van der Waals surface area contributed by atoms with Gasteiger partial charge < -0.3 is 15.0 Å². The zero-order chi connectivity index (χ0) is 10.7. The van der Waals surface area contributed by atoms with E-state index in [9.17, 15) is 0 Å². The van der Waals surface area contributed by atoms with Crippen LogP contribution >= 0.6 is 0 Å². The molecule has 1 N–H and O–H groups in total. The van der Waals surface area contributed by atoms with Gasteiger partial charge in [-0.3, -0.25) is 0 Å². The van der Waals surface area contributed by atoms with Crippen LogP contribution in [0.15, 0.2) is 24.3 Å². The van der Waals surface area contributed by atoms with Gasteiger partial charge in [-0.2, -0.15) is 0 Å². The number of piperazine rings is 1. The van der Waals surface area contributed by atoms with Gasteiger partial charge in [0.25, 0.3) is 0 Å². The molecule has 0 bridgehead atoms. The Kier molecular flexibility index (Phi) is 3.11. The Morgan fingerprint density at radius 2 is 2.07 bits per heavy atom. The third-order valence-electron chi connectivity index (χ3n) is 2.91. The minimum Gasteiger partial charge on any atom is -0.497 e. The van der Waals surface area contributed by atoms with Crippen LogP contribution in [0.2, 0.25) is 0 Å². The molecule has 1 aromatic carbocycles. The van der Waals surface area contributed by atoms with Crippen molar-refractivity contribution in [1.29, 1.82) is 0 Å². The van der Waals surface area contributed by atoms with Crippen LogP contribution in [0.5, 0.6) is 5.75 Å². The van der Waals surface area contributed by atoms with E-state index < -0.39 is 0 Å². The van der Waals surface area contributed by atoms with Gasteiger partial charge in [0.05, 0.1) is 7.11 Å². The summed E-state index contributed by atoms with van der Waals surface area (Å²) >= 11 is 0. The van der Waals surface area contributed by atoms with Gasteiger partial charge in [-0.25, -0.2) is 0 Å². The number of benzene rings is 1. The first-order valence-corrected chi connectivity index (χ1v) is 5.42. The van der Waals surface area contributed by atoms with Crippen molar-refractivity contribution in [3.05, 3.63) is 24.3 Å². The van der Waals surface area contributed by atoms with Crippen molar-refractivity contribution in [2.24, 2.45) is 0 Å². The molecule has 1 fully saturated rings. The fourth-order valence-corrected chi connectivity index (χ4v) is 2.00. The summed E-state index contributed by atoms with van der Waals surface area (Å²) in [5, 5.41) is 3.39. The molecule has 0 spiro atoms. The zero-order valence-electron chi connectivity index (χ0n) is 9.36. The third-order valence-corrected chi connectivity index (χ3v) is 2.91. The van der Waals surface area contributed by atoms with Crippen molar-refractivity contribution in [1.82, 2.24) is 5.32 Å². The summed E-state index contributed by atoms with van der Waals surface area (Å²) in [6.45, 7) is 5.45. The standard InChI is InChI=1S/C12H18N2O/c1-10-9-13-7-8-14(10)11-3-5-12(15-2)6-4-11/h3-6,10,13H,7-9H2,1-2H3/t10-/m0/s1. The summed E-state index contributed by atoms with van der Waals surface area (Å²) in [4.78, 5) is 2.43. The van der Waals surface area contributed by atoms with Crippen molar-refractivity contribution in [3.8, 4) is 5.75 Å². The van der Waals surface area contributed by atoms with E-state index in [0.717, 1.165) is 25.4 Å². The first kappa shape index (κ1) is 10.3. The quantitative estimate of drug-likeness (QED) is 0.793. The van der Waals surface area contributed by atoms with Gasteiger partial charge >= 0.3 is 0 Å². The Morgan fingerprint density at radius 1 is 1.33 bits per heavy atom. The minimum atomic E-state index is 0.562. The van der Waals surface area contributed by atoms with Crippen LogP contribution in [0, 0.1) is 0 Å². The highest BCUT2D eigenvalue weighted by Crippen LogP contribution is 2.21. The van der Waals surface area contributed by atoms with E-state index in [-0.39, 0.29) is 0 Å². The molecule has 0 saturated carbocycles. The van der Waals surface area contributed by atoms with E-state index in [0.29, 0.717) is 6.04 Å². The number of anilines is 1. The lowest BCUT2D eigenvalue weighted by molar-refractivity contribution is 0.414. The fraction of sp³-hybridized carbons (Fsp3) is 0.500. The number of nitrogens with zero attached hydrogens (tertiary/aromatic N) is 1. The summed E-state index contributed by atoms with van der Waals surface area (Å²) in [7, 11) is 1.70. The van der Waals surface area contributed by atoms with E-state index in [2.05, 4.69) is 29.3 Å². The van der Waals surface area contributed by atoms with E-state index in [1.807, 2.05) is 12.1 Å². The molecular weight excluding hydrogens is 188 g/mol. The summed E-state index contributed by atoms with van der Waals surface area (Å²) in [6, 6.07) is 8.85. The maximum atomic E-state index is 5.15. The van der Waals surface area contributed by atoms with Crippen molar-refractivity contribution in [3.63, 3.8) is 0 Å². The Labute approximate surface area is 91.0 Å². The highest BCUT2D eigenvalue weighted by atomic mass is 16.5. The maximum absolute atomic E-state index is 5.15. The summed E-state index contributed by atoms with van der Waals surface area (Å²) in [5.41, 5.74) is 1.28. The molecular formula is C12H18N2O. The van der Waals surface area contributed by atoms with E-state index >= 15 is 0 Å². The molecule has 3 nitrogen and oxygen atoms in total. The molecule has 1 aliphatic rings. The SMILES string of the molecule is COc1ccc(N2CCNC[C@@H]2C)cc1. The van der Waals surface area contributed by atoms with E-state index in [4.69, 9.17) is 4.74 Å². The molecule has 0 aromatic heterocycles. The van der Waals surface area contributed by atoms with Crippen LogP contribution in [0.25, 0.3) is 0 Å². The lowest BCUT2D eigenvalue weighted by atomic mass is 10.2.